The third-order valence-corrected chi connectivity index (χ3v) is 3.05. The third kappa shape index (κ3) is 2.87. The van der Waals surface area contributed by atoms with Crippen LogP contribution in [0.15, 0.2) is 42.6 Å². The van der Waals surface area contributed by atoms with Crippen molar-refractivity contribution in [3.05, 3.63) is 59.4 Å². The highest BCUT2D eigenvalue weighted by atomic mass is 16.3. The molecule has 0 aliphatic carbocycles. The SMILES string of the molecule is CCc1cccnc1C(N)Cc1ccc(O)cc1. The van der Waals surface area contributed by atoms with Crippen LogP contribution in [-0.4, -0.2) is 10.1 Å². The van der Waals surface area contributed by atoms with Crippen molar-refractivity contribution in [1.82, 2.24) is 4.98 Å². The second-order valence-corrected chi connectivity index (χ2v) is 4.38. The van der Waals surface area contributed by atoms with Gasteiger partial charge in [0.05, 0.1) is 11.7 Å². The molecule has 2 aromatic rings. The molecule has 1 unspecified atom stereocenters. The average Bonchev–Trinajstić information content (AvgIpc) is 2.41. The zero-order valence-electron chi connectivity index (χ0n) is 10.5. The fraction of sp³-hybridized carbons (Fsp3) is 0.267. The lowest BCUT2D eigenvalue weighted by Crippen LogP contribution is -2.16. The highest BCUT2D eigenvalue weighted by molar-refractivity contribution is 5.29. The van der Waals surface area contributed by atoms with Crippen molar-refractivity contribution in [3.8, 4) is 5.75 Å². The average molecular weight is 242 g/mol. The number of rotatable bonds is 4. The van der Waals surface area contributed by atoms with Crippen LogP contribution in [0.3, 0.4) is 0 Å². The molecule has 2 rings (SSSR count). The molecular weight excluding hydrogens is 224 g/mol. The van der Waals surface area contributed by atoms with Crippen LogP contribution in [-0.2, 0) is 12.8 Å². The maximum absolute atomic E-state index is 9.25. The van der Waals surface area contributed by atoms with Crippen molar-refractivity contribution < 1.29 is 5.11 Å². The summed E-state index contributed by atoms with van der Waals surface area (Å²) in [4.78, 5) is 4.39. The van der Waals surface area contributed by atoms with E-state index in [1.54, 1.807) is 18.3 Å². The number of benzene rings is 1. The first-order chi connectivity index (χ1) is 8.70. The quantitative estimate of drug-likeness (QED) is 0.866. The molecule has 0 bridgehead atoms. The molecule has 3 nitrogen and oxygen atoms in total. The number of aromatic hydroxyl groups is 1. The molecule has 0 saturated carbocycles. The molecule has 1 aromatic carbocycles. The van der Waals surface area contributed by atoms with Crippen LogP contribution in [0, 0.1) is 0 Å². The second kappa shape index (κ2) is 5.65. The minimum atomic E-state index is -0.106. The van der Waals surface area contributed by atoms with Gasteiger partial charge in [-0.05, 0) is 42.2 Å². The molecule has 0 aliphatic rings. The highest BCUT2D eigenvalue weighted by Gasteiger charge is 2.12. The second-order valence-electron chi connectivity index (χ2n) is 4.38. The molecule has 0 saturated heterocycles. The normalized spacial score (nSPS) is 12.3. The monoisotopic (exact) mass is 242 g/mol. The van der Waals surface area contributed by atoms with Crippen molar-refractivity contribution >= 4 is 0 Å². The number of hydrogen-bond acceptors (Lipinski definition) is 3. The van der Waals surface area contributed by atoms with Crippen molar-refractivity contribution in [3.63, 3.8) is 0 Å². The Labute approximate surface area is 107 Å². The van der Waals surface area contributed by atoms with E-state index in [-0.39, 0.29) is 11.8 Å². The van der Waals surface area contributed by atoms with Crippen LogP contribution in [0.5, 0.6) is 5.75 Å². The van der Waals surface area contributed by atoms with E-state index >= 15 is 0 Å². The van der Waals surface area contributed by atoms with E-state index < -0.39 is 0 Å². The van der Waals surface area contributed by atoms with Gasteiger partial charge in [0, 0.05) is 6.20 Å². The summed E-state index contributed by atoms with van der Waals surface area (Å²) in [6.45, 7) is 2.10. The molecule has 0 radical (unpaired) electrons. The Morgan fingerprint density at radius 2 is 1.94 bits per heavy atom. The molecule has 0 amide bonds. The summed E-state index contributed by atoms with van der Waals surface area (Å²) in [5.74, 6) is 0.277. The number of aromatic nitrogens is 1. The number of pyridine rings is 1. The zero-order chi connectivity index (χ0) is 13.0. The molecule has 94 valence electrons. The topological polar surface area (TPSA) is 59.1 Å². The highest BCUT2D eigenvalue weighted by Crippen LogP contribution is 2.19. The largest absolute Gasteiger partial charge is 0.508 e. The van der Waals surface area contributed by atoms with Gasteiger partial charge in [-0.2, -0.15) is 0 Å². The van der Waals surface area contributed by atoms with Gasteiger partial charge < -0.3 is 10.8 Å². The third-order valence-electron chi connectivity index (χ3n) is 3.05. The summed E-state index contributed by atoms with van der Waals surface area (Å²) in [6.07, 6.45) is 3.45. The van der Waals surface area contributed by atoms with Gasteiger partial charge in [-0.3, -0.25) is 4.98 Å². The lowest BCUT2D eigenvalue weighted by Gasteiger charge is -2.14. The van der Waals surface area contributed by atoms with E-state index in [2.05, 4.69) is 18.0 Å². The lowest BCUT2D eigenvalue weighted by atomic mass is 9.99. The fourth-order valence-electron chi connectivity index (χ4n) is 2.07. The van der Waals surface area contributed by atoms with Crippen molar-refractivity contribution in [2.24, 2.45) is 5.73 Å². The zero-order valence-corrected chi connectivity index (χ0v) is 10.5. The smallest absolute Gasteiger partial charge is 0.115 e. The Morgan fingerprint density at radius 1 is 1.22 bits per heavy atom. The lowest BCUT2D eigenvalue weighted by molar-refractivity contribution is 0.475. The summed E-state index contributed by atoms with van der Waals surface area (Å²) in [5, 5.41) is 9.25. The number of phenols is 1. The van der Waals surface area contributed by atoms with Gasteiger partial charge in [0.15, 0.2) is 0 Å². The first kappa shape index (κ1) is 12.6. The van der Waals surface area contributed by atoms with Gasteiger partial charge in [-0.25, -0.2) is 0 Å². The minimum absolute atomic E-state index is 0.106. The molecule has 3 heteroatoms. The Bertz CT molecular complexity index is 508. The summed E-state index contributed by atoms with van der Waals surface area (Å²) in [7, 11) is 0. The van der Waals surface area contributed by atoms with Crippen LogP contribution < -0.4 is 5.73 Å². The van der Waals surface area contributed by atoms with Crippen molar-refractivity contribution in [2.75, 3.05) is 0 Å². The van der Waals surface area contributed by atoms with Gasteiger partial charge in [0.1, 0.15) is 5.75 Å². The van der Waals surface area contributed by atoms with Gasteiger partial charge >= 0.3 is 0 Å². The molecule has 3 N–H and O–H groups in total. The molecule has 0 aliphatic heterocycles. The van der Waals surface area contributed by atoms with E-state index in [1.807, 2.05) is 18.2 Å². The number of nitrogens with zero attached hydrogens (tertiary/aromatic N) is 1. The van der Waals surface area contributed by atoms with E-state index in [0.717, 1.165) is 24.1 Å². The first-order valence-electron chi connectivity index (χ1n) is 6.18. The Morgan fingerprint density at radius 3 is 2.61 bits per heavy atom. The van der Waals surface area contributed by atoms with Gasteiger partial charge in [-0.1, -0.05) is 25.1 Å². The number of hydrogen-bond donors (Lipinski definition) is 2. The molecule has 18 heavy (non-hydrogen) atoms. The summed E-state index contributed by atoms with van der Waals surface area (Å²) in [5.41, 5.74) is 9.48. The van der Waals surface area contributed by atoms with Gasteiger partial charge in [0.2, 0.25) is 0 Å². The van der Waals surface area contributed by atoms with E-state index in [1.165, 1.54) is 5.56 Å². The summed E-state index contributed by atoms with van der Waals surface area (Å²) >= 11 is 0. The molecule has 1 aromatic heterocycles. The molecule has 1 heterocycles. The Hall–Kier alpha value is -1.87. The minimum Gasteiger partial charge on any atom is -0.508 e. The van der Waals surface area contributed by atoms with Crippen LogP contribution in [0.4, 0.5) is 0 Å². The van der Waals surface area contributed by atoms with Crippen LogP contribution in [0.25, 0.3) is 0 Å². The van der Waals surface area contributed by atoms with Crippen LogP contribution in [0.1, 0.15) is 29.8 Å². The predicted molar refractivity (Wildman–Crippen MR) is 72.4 cm³/mol. The Kier molecular flexibility index (Phi) is 3.95. The fourth-order valence-corrected chi connectivity index (χ4v) is 2.07. The summed E-state index contributed by atoms with van der Waals surface area (Å²) in [6, 6.07) is 11.1. The number of nitrogens with two attached hydrogens (primary N) is 1. The van der Waals surface area contributed by atoms with Crippen LogP contribution >= 0.6 is 0 Å². The maximum Gasteiger partial charge on any atom is 0.115 e. The first-order valence-corrected chi connectivity index (χ1v) is 6.18. The molecule has 0 spiro atoms. The van der Waals surface area contributed by atoms with E-state index in [9.17, 15) is 5.11 Å². The van der Waals surface area contributed by atoms with Gasteiger partial charge in [-0.15, -0.1) is 0 Å². The molecule has 0 fully saturated rings. The van der Waals surface area contributed by atoms with Crippen molar-refractivity contribution in [1.29, 1.82) is 0 Å². The van der Waals surface area contributed by atoms with E-state index in [4.69, 9.17) is 5.73 Å². The summed E-state index contributed by atoms with van der Waals surface area (Å²) < 4.78 is 0. The predicted octanol–water partition coefficient (Wildman–Crippen LogP) is 2.59. The molecule has 1 atom stereocenters. The van der Waals surface area contributed by atoms with Crippen LogP contribution in [0.2, 0.25) is 0 Å². The Balaban J connectivity index is 2.16. The number of phenolic OH excluding ortho intramolecular Hbond substituents is 1. The van der Waals surface area contributed by atoms with E-state index in [0.29, 0.717) is 0 Å². The van der Waals surface area contributed by atoms with Crippen molar-refractivity contribution in [2.45, 2.75) is 25.8 Å². The maximum atomic E-state index is 9.25. The number of aryl methyl sites for hydroxylation is 1. The standard InChI is InChI=1S/C15H18N2O/c1-2-12-4-3-9-17-15(12)14(16)10-11-5-7-13(18)8-6-11/h3-9,14,18H,2,10,16H2,1H3. The molecular formula is C15H18N2O. The van der Waals surface area contributed by atoms with Gasteiger partial charge in [0.25, 0.3) is 0 Å².